The van der Waals surface area contributed by atoms with Crippen LogP contribution in [0.1, 0.15) is 25.6 Å². The van der Waals surface area contributed by atoms with Crippen molar-refractivity contribution in [3.8, 4) is 0 Å². The predicted molar refractivity (Wildman–Crippen MR) is 66.7 cm³/mol. The molecule has 3 heteroatoms. The Hall–Kier alpha value is -0.380. The van der Waals surface area contributed by atoms with Gasteiger partial charge in [0.1, 0.15) is 0 Å². The number of thiophene rings is 1. The molecule has 1 heterocycles. The van der Waals surface area contributed by atoms with Crippen molar-refractivity contribution in [2.75, 3.05) is 20.3 Å². The van der Waals surface area contributed by atoms with Crippen molar-refractivity contribution in [2.24, 2.45) is 0 Å². The van der Waals surface area contributed by atoms with E-state index in [0.29, 0.717) is 6.04 Å². The molecule has 0 radical (unpaired) electrons. The summed E-state index contributed by atoms with van der Waals surface area (Å²) >= 11 is 1.82. The van der Waals surface area contributed by atoms with Gasteiger partial charge in [-0.1, -0.05) is 19.9 Å². The minimum atomic E-state index is 0.205. The molecule has 1 aromatic heterocycles. The highest BCUT2D eigenvalue weighted by molar-refractivity contribution is 7.10. The van der Waals surface area contributed by atoms with Crippen LogP contribution in [0.15, 0.2) is 17.5 Å². The summed E-state index contributed by atoms with van der Waals surface area (Å²) in [5.41, 5.74) is 0.205. The van der Waals surface area contributed by atoms with Crippen LogP contribution in [0, 0.1) is 0 Å². The molecule has 86 valence electrons. The van der Waals surface area contributed by atoms with E-state index in [2.05, 4.69) is 43.6 Å². The molecule has 0 aliphatic rings. The van der Waals surface area contributed by atoms with Crippen LogP contribution in [0.2, 0.25) is 0 Å². The zero-order valence-corrected chi connectivity index (χ0v) is 10.9. The Morgan fingerprint density at radius 1 is 1.53 bits per heavy atom. The Kier molecular flexibility index (Phi) is 4.77. The number of nitrogens with one attached hydrogen (secondary N) is 1. The van der Waals surface area contributed by atoms with Crippen LogP contribution in [0.4, 0.5) is 0 Å². The van der Waals surface area contributed by atoms with Crippen molar-refractivity contribution in [3.63, 3.8) is 0 Å². The first-order valence-electron chi connectivity index (χ1n) is 5.32. The van der Waals surface area contributed by atoms with Crippen molar-refractivity contribution in [3.05, 3.63) is 22.4 Å². The van der Waals surface area contributed by atoms with Gasteiger partial charge in [-0.2, -0.15) is 0 Å². The molecular formula is C12H21NOS. The van der Waals surface area contributed by atoms with E-state index in [4.69, 9.17) is 4.74 Å². The molecule has 0 fully saturated rings. The van der Waals surface area contributed by atoms with Gasteiger partial charge in [-0.25, -0.2) is 0 Å². The molecule has 1 aromatic rings. The normalized spacial score (nSPS) is 14.1. The topological polar surface area (TPSA) is 21.3 Å². The minimum absolute atomic E-state index is 0.205. The quantitative estimate of drug-likeness (QED) is 0.806. The van der Waals surface area contributed by atoms with Crippen molar-refractivity contribution in [1.82, 2.24) is 5.32 Å². The Labute approximate surface area is 96.7 Å². The van der Waals surface area contributed by atoms with Crippen molar-refractivity contribution in [2.45, 2.75) is 32.2 Å². The first-order valence-corrected chi connectivity index (χ1v) is 6.20. The maximum atomic E-state index is 5.10. The van der Waals surface area contributed by atoms with Gasteiger partial charge in [-0.15, -0.1) is 11.3 Å². The van der Waals surface area contributed by atoms with Gasteiger partial charge in [0, 0.05) is 30.0 Å². The van der Waals surface area contributed by atoms with Crippen LogP contribution in [-0.4, -0.2) is 26.3 Å². The summed E-state index contributed by atoms with van der Waals surface area (Å²) in [6, 6.07) is 4.72. The lowest BCUT2D eigenvalue weighted by molar-refractivity contribution is 0.169. The molecular weight excluding hydrogens is 206 g/mol. The van der Waals surface area contributed by atoms with Crippen LogP contribution in [0.5, 0.6) is 0 Å². The second kappa shape index (κ2) is 5.64. The minimum Gasteiger partial charge on any atom is -0.383 e. The van der Waals surface area contributed by atoms with E-state index < -0.39 is 0 Å². The molecule has 0 bridgehead atoms. The lowest BCUT2D eigenvalue weighted by Crippen LogP contribution is -2.39. The van der Waals surface area contributed by atoms with Gasteiger partial charge in [0.2, 0.25) is 0 Å². The van der Waals surface area contributed by atoms with E-state index >= 15 is 0 Å². The SMILES string of the molecule is COCC(C)NCC(C)(C)c1cccs1. The van der Waals surface area contributed by atoms with E-state index in [9.17, 15) is 0 Å². The smallest absolute Gasteiger partial charge is 0.0613 e. The van der Waals surface area contributed by atoms with Crippen LogP contribution in [-0.2, 0) is 10.2 Å². The lowest BCUT2D eigenvalue weighted by Gasteiger charge is -2.26. The summed E-state index contributed by atoms with van der Waals surface area (Å²) < 4.78 is 5.10. The first kappa shape index (κ1) is 12.7. The summed E-state index contributed by atoms with van der Waals surface area (Å²) in [5, 5.41) is 5.63. The average molecular weight is 227 g/mol. The zero-order chi connectivity index (χ0) is 11.3. The third-order valence-corrected chi connectivity index (χ3v) is 3.73. The third kappa shape index (κ3) is 3.93. The molecule has 0 aliphatic heterocycles. The van der Waals surface area contributed by atoms with Gasteiger partial charge in [0.15, 0.2) is 0 Å². The lowest BCUT2D eigenvalue weighted by atomic mass is 9.91. The van der Waals surface area contributed by atoms with Crippen LogP contribution < -0.4 is 5.32 Å². The molecule has 0 spiro atoms. The Balaban J connectivity index is 2.43. The molecule has 1 rings (SSSR count). The molecule has 2 nitrogen and oxygen atoms in total. The molecule has 0 saturated carbocycles. The maximum absolute atomic E-state index is 5.10. The van der Waals surface area contributed by atoms with Crippen LogP contribution in [0.3, 0.4) is 0 Å². The van der Waals surface area contributed by atoms with E-state index in [-0.39, 0.29) is 5.41 Å². The van der Waals surface area contributed by atoms with E-state index in [0.717, 1.165) is 13.2 Å². The molecule has 0 aliphatic carbocycles. The summed E-state index contributed by atoms with van der Waals surface area (Å²) in [7, 11) is 1.74. The number of methoxy groups -OCH3 is 1. The fourth-order valence-electron chi connectivity index (χ4n) is 1.49. The highest BCUT2D eigenvalue weighted by Gasteiger charge is 2.21. The molecule has 0 amide bonds. The van der Waals surface area contributed by atoms with Crippen molar-refractivity contribution < 1.29 is 4.74 Å². The Morgan fingerprint density at radius 3 is 2.80 bits per heavy atom. The summed E-state index contributed by atoms with van der Waals surface area (Å²) in [5.74, 6) is 0. The molecule has 0 saturated heterocycles. The molecule has 1 N–H and O–H groups in total. The number of ether oxygens (including phenoxy) is 1. The highest BCUT2D eigenvalue weighted by atomic mass is 32.1. The second-order valence-electron chi connectivity index (χ2n) is 4.60. The summed E-state index contributed by atoms with van der Waals surface area (Å²) in [6.45, 7) is 8.43. The van der Waals surface area contributed by atoms with Gasteiger partial charge < -0.3 is 10.1 Å². The number of hydrogen-bond acceptors (Lipinski definition) is 3. The van der Waals surface area contributed by atoms with Gasteiger partial charge in [-0.05, 0) is 18.4 Å². The number of hydrogen-bond donors (Lipinski definition) is 1. The van der Waals surface area contributed by atoms with Crippen LogP contribution in [0.25, 0.3) is 0 Å². The summed E-state index contributed by atoms with van der Waals surface area (Å²) in [6.07, 6.45) is 0. The van der Waals surface area contributed by atoms with Crippen molar-refractivity contribution >= 4 is 11.3 Å². The molecule has 15 heavy (non-hydrogen) atoms. The van der Waals surface area contributed by atoms with Gasteiger partial charge in [0.05, 0.1) is 6.61 Å². The summed E-state index contributed by atoms with van der Waals surface area (Å²) in [4.78, 5) is 1.43. The monoisotopic (exact) mass is 227 g/mol. The molecule has 1 unspecified atom stereocenters. The standard InChI is InChI=1S/C12H21NOS/c1-10(8-14-4)13-9-12(2,3)11-6-5-7-15-11/h5-7,10,13H,8-9H2,1-4H3. The Morgan fingerprint density at radius 2 is 2.27 bits per heavy atom. The van der Waals surface area contributed by atoms with Crippen LogP contribution >= 0.6 is 11.3 Å². The predicted octanol–water partition coefficient (Wildman–Crippen LogP) is 2.65. The van der Waals surface area contributed by atoms with Gasteiger partial charge >= 0.3 is 0 Å². The maximum Gasteiger partial charge on any atom is 0.0613 e. The van der Waals surface area contributed by atoms with Gasteiger partial charge in [-0.3, -0.25) is 0 Å². The van der Waals surface area contributed by atoms with Crippen molar-refractivity contribution in [1.29, 1.82) is 0 Å². The van der Waals surface area contributed by atoms with Gasteiger partial charge in [0.25, 0.3) is 0 Å². The second-order valence-corrected chi connectivity index (χ2v) is 5.55. The largest absolute Gasteiger partial charge is 0.383 e. The first-order chi connectivity index (χ1) is 7.06. The fraction of sp³-hybridized carbons (Fsp3) is 0.667. The Bertz CT molecular complexity index is 269. The molecule has 1 atom stereocenters. The van der Waals surface area contributed by atoms with E-state index in [1.807, 2.05) is 11.3 Å². The third-order valence-electron chi connectivity index (χ3n) is 2.50. The van der Waals surface area contributed by atoms with E-state index in [1.165, 1.54) is 4.88 Å². The zero-order valence-electron chi connectivity index (χ0n) is 10.0. The average Bonchev–Trinajstić information content (AvgIpc) is 2.69. The number of rotatable bonds is 6. The fourth-order valence-corrected chi connectivity index (χ4v) is 2.34. The molecule has 0 aromatic carbocycles. The van der Waals surface area contributed by atoms with E-state index in [1.54, 1.807) is 7.11 Å². The highest BCUT2D eigenvalue weighted by Crippen LogP contribution is 2.26.